The molecule has 1 aliphatic rings. The van der Waals surface area contributed by atoms with Crippen LogP contribution >= 0.6 is 0 Å². The summed E-state index contributed by atoms with van der Waals surface area (Å²) in [6.45, 7) is 3.69. The summed E-state index contributed by atoms with van der Waals surface area (Å²) < 4.78 is 11.3. The molecule has 540 valence electrons. The molecule has 93 heavy (non-hydrogen) atoms. The van der Waals surface area contributed by atoms with E-state index in [2.05, 4.69) is 104 Å². The zero-order valence-electron chi connectivity index (χ0n) is 60.8. The Kier molecular flexibility index (Phi) is 68.1. The Morgan fingerprint density at radius 3 is 1.03 bits per heavy atom. The Bertz CT molecular complexity index is 1800. The van der Waals surface area contributed by atoms with Crippen LogP contribution in [-0.2, 0) is 14.3 Å². The average Bonchev–Trinajstić information content (AvgIpc) is 1.01. The summed E-state index contributed by atoms with van der Waals surface area (Å²) in [5.41, 5.74) is 0. The molecule has 1 aliphatic heterocycles. The molecular formula is C84H151NO8. The highest BCUT2D eigenvalue weighted by molar-refractivity contribution is 5.76. The number of allylic oxidation sites excluding steroid dienone is 15. The van der Waals surface area contributed by atoms with Crippen molar-refractivity contribution in [3.8, 4) is 0 Å². The van der Waals surface area contributed by atoms with Crippen molar-refractivity contribution in [1.29, 1.82) is 0 Å². The number of unbranched alkanes of at least 4 members (excludes halogenated alkanes) is 46. The van der Waals surface area contributed by atoms with Crippen molar-refractivity contribution in [2.24, 2.45) is 0 Å². The Morgan fingerprint density at radius 1 is 0.376 bits per heavy atom. The Morgan fingerprint density at radius 2 is 0.677 bits per heavy atom. The van der Waals surface area contributed by atoms with Gasteiger partial charge in [-0.05, 0) is 89.9 Å². The fourth-order valence-corrected chi connectivity index (χ4v) is 12.5. The van der Waals surface area contributed by atoms with Crippen molar-refractivity contribution in [3.05, 3.63) is 97.2 Å². The molecule has 0 bridgehead atoms. The number of amides is 1. The molecule has 1 fully saturated rings. The number of carbonyl (C=O) groups excluding carboxylic acids is 1. The summed E-state index contributed by atoms with van der Waals surface area (Å²) in [4.78, 5) is 13.2. The lowest BCUT2D eigenvalue weighted by atomic mass is 9.99. The van der Waals surface area contributed by atoms with E-state index in [1.165, 1.54) is 276 Å². The highest BCUT2D eigenvalue weighted by atomic mass is 16.7. The van der Waals surface area contributed by atoms with Crippen LogP contribution in [0.5, 0.6) is 0 Å². The molecule has 9 heteroatoms. The molecule has 0 aliphatic carbocycles. The number of aliphatic hydroxyl groups excluding tert-OH is 5. The van der Waals surface area contributed by atoms with Crippen molar-refractivity contribution < 1.29 is 39.8 Å². The van der Waals surface area contributed by atoms with E-state index in [9.17, 15) is 30.3 Å². The molecule has 7 unspecified atom stereocenters. The molecule has 0 aromatic carbocycles. The molecule has 0 aromatic rings. The van der Waals surface area contributed by atoms with Crippen molar-refractivity contribution in [1.82, 2.24) is 5.32 Å². The van der Waals surface area contributed by atoms with Gasteiger partial charge >= 0.3 is 0 Å². The quantitative estimate of drug-likeness (QED) is 0.0261. The van der Waals surface area contributed by atoms with E-state index in [4.69, 9.17) is 9.47 Å². The number of aliphatic hydroxyl groups is 5. The predicted octanol–water partition coefficient (Wildman–Crippen LogP) is 23.0. The van der Waals surface area contributed by atoms with E-state index < -0.39 is 49.5 Å². The summed E-state index contributed by atoms with van der Waals surface area (Å²) >= 11 is 0. The molecule has 7 atom stereocenters. The first-order valence-electron chi connectivity index (χ1n) is 40.0. The number of carbonyl (C=O) groups is 1. The van der Waals surface area contributed by atoms with E-state index in [0.717, 1.165) is 77.0 Å². The predicted molar refractivity (Wildman–Crippen MR) is 401 cm³/mol. The summed E-state index contributed by atoms with van der Waals surface area (Å²) in [5.74, 6) is -0.187. The Hall–Kier alpha value is -2.89. The van der Waals surface area contributed by atoms with Gasteiger partial charge in [-0.15, -0.1) is 0 Å². The van der Waals surface area contributed by atoms with E-state index in [0.29, 0.717) is 6.42 Å². The van der Waals surface area contributed by atoms with Gasteiger partial charge in [0.1, 0.15) is 24.4 Å². The minimum Gasteiger partial charge on any atom is -0.394 e. The minimum atomic E-state index is -1.58. The third-order valence-electron chi connectivity index (χ3n) is 18.6. The number of nitrogens with one attached hydrogen (secondary N) is 1. The number of hydrogen-bond acceptors (Lipinski definition) is 8. The first-order valence-corrected chi connectivity index (χ1v) is 40.0. The van der Waals surface area contributed by atoms with E-state index >= 15 is 0 Å². The van der Waals surface area contributed by atoms with Crippen LogP contribution in [0.3, 0.4) is 0 Å². The summed E-state index contributed by atoms with van der Waals surface area (Å²) in [7, 11) is 0. The standard InChI is InChI=1S/C84H151NO8/c1-3-5-7-9-11-13-15-17-19-21-23-25-27-29-31-33-35-37-38-39-40-42-44-46-48-50-52-54-56-58-60-62-64-66-68-70-72-74-80(88)85-77(76-92-84-83(91)82(90)81(89)79(75-86)93-84)78(87)73-71-69-67-65-63-61-59-57-55-53-51-49-47-45-43-41-36-34-32-30-28-26-24-22-20-18-16-14-12-10-8-6-4-2/h5,7,11,13,17,19,23,25,29,31,55,57,63,65,71,73,77-79,81-84,86-87,89-91H,3-4,6,8-10,12,14-16,18,20-22,24,26-28,30,32-54,56,58-62,64,66-70,72,74-76H2,1-2H3,(H,85,88)/b7-5-,13-11-,19-17-,25-23-,31-29-,57-55+,65-63+,73-71+. The smallest absolute Gasteiger partial charge is 0.220 e. The van der Waals surface area contributed by atoms with Crippen LogP contribution in [-0.4, -0.2) is 87.5 Å². The first kappa shape index (κ1) is 88.1. The van der Waals surface area contributed by atoms with Crippen molar-refractivity contribution >= 4 is 5.91 Å². The van der Waals surface area contributed by atoms with Gasteiger partial charge in [0.15, 0.2) is 6.29 Å². The van der Waals surface area contributed by atoms with Crippen LogP contribution in [0.2, 0.25) is 0 Å². The number of ether oxygens (including phenoxy) is 2. The van der Waals surface area contributed by atoms with E-state index in [1.807, 2.05) is 6.08 Å². The molecule has 0 spiro atoms. The van der Waals surface area contributed by atoms with Gasteiger partial charge in [-0.3, -0.25) is 4.79 Å². The SMILES string of the molecule is CC/C=C\C/C=C\C/C=C\C/C=C\C/C=C\CCCCCCCCCCCCCCCCCCCCCCCC(=O)NC(COC1OC(CO)C(O)C(O)C1O)C(O)/C=C/CC/C=C/CC/C=C/CCCCCCCCCCCCCCCCCCCCCCCCC. The molecule has 6 N–H and O–H groups in total. The third-order valence-corrected chi connectivity index (χ3v) is 18.6. The van der Waals surface area contributed by atoms with Gasteiger partial charge < -0.3 is 40.3 Å². The average molecular weight is 1300 g/mol. The molecular weight excluding hydrogens is 1150 g/mol. The largest absolute Gasteiger partial charge is 0.394 e. The highest BCUT2D eigenvalue weighted by Crippen LogP contribution is 2.24. The lowest BCUT2D eigenvalue weighted by molar-refractivity contribution is -0.302. The van der Waals surface area contributed by atoms with E-state index in [1.54, 1.807) is 6.08 Å². The fraction of sp³-hybridized carbons (Fsp3) is 0.798. The second-order valence-electron chi connectivity index (χ2n) is 27.5. The van der Waals surface area contributed by atoms with Gasteiger partial charge in [-0.25, -0.2) is 0 Å². The Labute approximate surface area is 574 Å². The maximum atomic E-state index is 13.2. The van der Waals surface area contributed by atoms with Gasteiger partial charge in [0.2, 0.25) is 5.91 Å². The van der Waals surface area contributed by atoms with Crippen LogP contribution in [0.15, 0.2) is 97.2 Å². The molecule has 1 saturated heterocycles. The maximum absolute atomic E-state index is 13.2. The van der Waals surface area contributed by atoms with Gasteiger partial charge in [0.05, 0.1) is 25.4 Å². The van der Waals surface area contributed by atoms with Crippen LogP contribution in [0.4, 0.5) is 0 Å². The maximum Gasteiger partial charge on any atom is 0.220 e. The van der Waals surface area contributed by atoms with Crippen LogP contribution < -0.4 is 5.32 Å². The van der Waals surface area contributed by atoms with Crippen molar-refractivity contribution in [2.75, 3.05) is 13.2 Å². The van der Waals surface area contributed by atoms with Crippen LogP contribution in [0.25, 0.3) is 0 Å². The van der Waals surface area contributed by atoms with Gasteiger partial charge in [0, 0.05) is 6.42 Å². The number of rotatable bonds is 70. The van der Waals surface area contributed by atoms with Gasteiger partial charge in [0.25, 0.3) is 0 Å². The lowest BCUT2D eigenvalue weighted by Crippen LogP contribution is -2.60. The zero-order valence-corrected chi connectivity index (χ0v) is 60.8. The van der Waals surface area contributed by atoms with Crippen molar-refractivity contribution in [3.63, 3.8) is 0 Å². The Balaban J connectivity index is 2.10. The molecule has 1 heterocycles. The van der Waals surface area contributed by atoms with Gasteiger partial charge in [-0.2, -0.15) is 0 Å². The molecule has 9 nitrogen and oxygen atoms in total. The van der Waals surface area contributed by atoms with Gasteiger partial charge in [-0.1, -0.05) is 374 Å². The van der Waals surface area contributed by atoms with Crippen LogP contribution in [0.1, 0.15) is 373 Å². The molecule has 1 rings (SSSR count). The number of hydrogen-bond donors (Lipinski definition) is 6. The minimum absolute atomic E-state index is 0.187. The summed E-state index contributed by atoms with van der Waals surface area (Å²) in [6.07, 6.45) is 98.5. The van der Waals surface area contributed by atoms with Crippen molar-refractivity contribution in [2.45, 2.75) is 416 Å². The summed E-state index contributed by atoms with van der Waals surface area (Å²) in [5, 5.41) is 54.9. The second kappa shape index (κ2) is 71.9. The van der Waals surface area contributed by atoms with E-state index in [-0.39, 0.29) is 12.5 Å². The highest BCUT2D eigenvalue weighted by Gasteiger charge is 2.44. The normalized spacial score (nSPS) is 18.1. The molecule has 0 radical (unpaired) electrons. The third kappa shape index (κ3) is 60.1. The monoisotopic (exact) mass is 1300 g/mol. The summed E-state index contributed by atoms with van der Waals surface area (Å²) in [6, 6.07) is -0.834. The molecule has 0 aromatic heterocycles. The topological polar surface area (TPSA) is 149 Å². The van der Waals surface area contributed by atoms with Crippen LogP contribution in [0, 0.1) is 0 Å². The molecule has 0 saturated carbocycles. The zero-order chi connectivity index (χ0) is 67.1. The lowest BCUT2D eigenvalue weighted by Gasteiger charge is -2.40. The molecule has 1 amide bonds. The fourth-order valence-electron chi connectivity index (χ4n) is 12.5. The first-order chi connectivity index (χ1) is 45.8. The second-order valence-corrected chi connectivity index (χ2v) is 27.5.